The van der Waals surface area contributed by atoms with E-state index in [-0.39, 0.29) is 0 Å². The lowest BCUT2D eigenvalue weighted by molar-refractivity contribution is 1.69. The van der Waals surface area contributed by atoms with Gasteiger partial charge in [-0.3, -0.25) is 0 Å². The molecular weight excluding hydrogens is 231 g/mol. The van der Waals surface area contributed by atoms with Crippen LogP contribution in [0, 0.1) is 0 Å². The van der Waals surface area contributed by atoms with Crippen LogP contribution in [-0.4, -0.2) is 16.1 Å². The van der Waals surface area contributed by atoms with Crippen LogP contribution in [0.25, 0.3) is 0 Å². The van der Waals surface area contributed by atoms with E-state index in [9.17, 15) is 0 Å². The standard InChI is InChI=1S/C12H23PSi2/c1-14(2,3)11-9-7-8-10(13)12(11)15(4,5)6/h7-9H,13H2,1-6H3. The Morgan fingerprint density at radius 2 is 1.40 bits per heavy atom. The van der Waals surface area contributed by atoms with Crippen LogP contribution in [0.3, 0.4) is 0 Å². The fourth-order valence-electron chi connectivity index (χ4n) is 2.03. The van der Waals surface area contributed by atoms with Gasteiger partial charge in [0.05, 0.1) is 16.1 Å². The molecule has 0 radical (unpaired) electrons. The van der Waals surface area contributed by atoms with E-state index < -0.39 is 16.1 Å². The Kier molecular flexibility index (Phi) is 3.64. The van der Waals surface area contributed by atoms with Crippen molar-refractivity contribution in [3.8, 4) is 0 Å². The molecule has 1 unspecified atom stereocenters. The minimum absolute atomic E-state index is 1.20. The predicted molar refractivity (Wildman–Crippen MR) is 81.7 cm³/mol. The summed E-state index contributed by atoms with van der Waals surface area (Å²) in [6, 6.07) is 6.80. The zero-order valence-corrected chi connectivity index (χ0v) is 14.0. The molecule has 0 aliphatic heterocycles. The van der Waals surface area contributed by atoms with E-state index in [0.717, 1.165) is 0 Å². The van der Waals surface area contributed by atoms with Gasteiger partial charge in [0.25, 0.3) is 0 Å². The average Bonchev–Trinajstić information content (AvgIpc) is 1.99. The van der Waals surface area contributed by atoms with E-state index in [4.69, 9.17) is 0 Å². The maximum atomic E-state index is 2.92. The van der Waals surface area contributed by atoms with Crippen molar-refractivity contribution < 1.29 is 0 Å². The molecule has 0 fully saturated rings. The van der Waals surface area contributed by atoms with Gasteiger partial charge in [-0.2, -0.15) is 0 Å². The van der Waals surface area contributed by atoms with Crippen molar-refractivity contribution in [2.45, 2.75) is 39.3 Å². The molecule has 0 nitrogen and oxygen atoms in total. The maximum Gasteiger partial charge on any atom is 0.0782 e. The van der Waals surface area contributed by atoms with Gasteiger partial charge in [-0.1, -0.05) is 67.9 Å². The molecule has 1 aromatic carbocycles. The Bertz CT molecular complexity index is 359. The summed E-state index contributed by atoms with van der Waals surface area (Å²) in [6.07, 6.45) is 0. The Balaban J connectivity index is 3.48. The van der Waals surface area contributed by atoms with Crippen LogP contribution in [0.5, 0.6) is 0 Å². The van der Waals surface area contributed by atoms with Crippen molar-refractivity contribution in [3.05, 3.63) is 18.2 Å². The van der Waals surface area contributed by atoms with Gasteiger partial charge >= 0.3 is 0 Å². The Morgan fingerprint density at radius 3 is 1.73 bits per heavy atom. The summed E-state index contributed by atoms with van der Waals surface area (Å²) < 4.78 is 0. The van der Waals surface area contributed by atoms with Gasteiger partial charge in [-0.25, -0.2) is 0 Å². The van der Waals surface area contributed by atoms with Gasteiger partial charge in [0.15, 0.2) is 0 Å². The summed E-state index contributed by atoms with van der Waals surface area (Å²) in [5.74, 6) is 0. The minimum atomic E-state index is -1.22. The van der Waals surface area contributed by atoms with Gasteiger partial charge in [-0.15, -0.1) is 9.24 Å². The summed E-state index contributed by atoms with van der Waals surface area (Å²) in [5.41, 5.74) is 0. The zero-order valence-electron chi connectivity index (χ0n) is 10.8. The summed E-state index contributed by atoms with van der Waals surface area (Å²) >= 11 is 0. The lowest BCUT2D eigenvalue weighted by Crippen LogP contribution is -2.60. The second kappa shape index (κ2) is 4.16. The monoisotopic (exact) mass is 254 g/mol. The second-order valence-electron chi connectivity index (χ2n) is 6.27. The lowest BCUT2D eigenvalue weighted by Gasteiger charge is -2.29. The van der Waals surface area contributed by atoms with E-state index in [2.05, 4.69) is 66.7 Å². The Morgan fingerprint density at radius 1 is 0.867 bits per heavy atom. The van der Waals surface area contributed by atoms with Gasteiger partial charge < -0.3 is 0 Å². The van der Waals surface area contributed by atoms with Crippen molar-refractivity contribution in [1.82, 2.24) is 0 Å². The highest BCUT2D eigenvalue weighted by atomic mass is 31.0. The molecule has 1 atom stereocenters. The fourth-order valence-corrected chi connectivity index (χ4v) is 9.32. The van der Waals surface area contributed by atoms with Crippen LogP contribution in [0.2, 0.25) is 39.3 Å². The molecule has 0 saturated heterocycles. The first-order chi connectivity index (χ1) is 6.64. The molecule has 84 valence electrons. The minimum Gasteiger partial charge on any atom is -0.106 e. The number of hydrogen-bond acceptors (Lipinski definition) is 0. The number of hydrogen-bond donors (Lipinski definition) is 0. The fraction of sp³-hybridized carbons (Fsp3) is 0.500. The van der Waals surface area contributed by atoms with Crippen LogP contribution in [0.15, 0.2) is 18.2 Å². The molecule has 0 bridgehead atoms. The van der Waals surface area contributed by atoms with Gasteiger partial charge in [0.1, 0.15) is 0 Å². The van der Waals surface area contributed by atoms with Crippen LogP contribution < -0.4 is 15.7 Å². The normalized spacial score (nSPS) is 13.0. The zero-order chi connectivity index (χ0) is 11.9. The first kappa shape index (κ1) is 13.2. The Hall–Kier alpha value is 0.0838. The van der Waals surface area contributed by atoms with E-state index in [1.54, 1.807) is 10.4 Å². The van der Waals surface area contributed by atoms with Crippen LogP contribution >= 0.6 is 9.24 Å². The molecule has 1 rings (SSSR count). The van der Waals surface area contributed by atoms with Crippen LogP contribution in [0.4, 0.5) is 0 Å². The molecule has 0 spiro atoms. The first-order valence-electron chi connectivity index (χ1n) is 5.53. The molecular formula is C12H23PSi2. The highest BCUT2D eigenvalue weighted by molar-refractivity contribution is 7.29. The summed E-state index contributed by atoms with van der Waals surface area (Å²) in [6.45, 7) is 14.7. The summed E-state index contributed by atoms with van der Waals surface area (Å²) in [5, 5.41) is 4.76. The number of benzene rings is 1. The van der Waals surface area contributed by atoms with E-state index in [0.29, 0.717) is 0 Å². The third-order valence-electron chi connectivity index (χ3n) is 2.65. The predicted octanol–water partition coefficient (Wildman–Crippen LogP) is 2.28. The van der Waals surface area contributed by atoms with Crippen LogP contribution in [0.1, 0.15) is 0 Å². The van der Waals surface area contributed by atoms with Crippen molar-refractivity contribution >= 4 is 41.1 Å². The largest absolute Gasteiger partial charge is 0.106 e. The quantitative estimate of drug-likeness (QED) is 0.561. The van der Waals surface area contributed by atoms with Gasteiger partial charge in [0.2, 0.25) is 0 Å². The average molecular weight is 254 g/mol. The third kappa shape index (κ3) is 3.02. The molecule has 15 heavy (non-hydrogen) atoms. The highest BCUT2D eigenvalue weighted by Crippen LogP contribution is 2.07. The van der Waals surface area contributed by atoms with Gasteiger partial charge in [-0.05, 0) is 5.30 Å². The van der Waals surface area contributed by atoms with Crippen molar-refractivity contribution in [1.29, 1.82) is 0 Å². The van der Waals surface area contributed by atoms with Crippen molar-refractivity contribution in [2.75, 3.05) is 0 Å². The SMILES string of the molecule is C[Si](C)(C)c1cccc(P)c1[Si](C)(C)C. The molecule has 0 N–H and O–H groups in total. The smallest absolute Gasteiger partial charge is 0.0782 e. The molecule has 0 saturated carbocycles. The van der Waals surface area contributed by atoms with Gasteiger partial charge in [0, 0.05) is 0 Å². The second-order valence-corrected chi connectivity index (χ2v) is 16.9. The molecule has 1 aromatic rings. The highest BCUT2D eigenvalue weighted by Gasteiger charge is 2.28. The number of rotatable bonds is 2. The van der Waals surface area contributed by atoms with E-state index in [1.807, 2.05) is 0 Å². The maximum absolute atomic E-state index is 2.92. The molecule has 0 aliphatic rings. The molecule has 0 aromatic heterocycles. The topological polar surface area (TPSA) is 0 Å². The van der Waals surface area contributed by atoms with Crippen molar-refractivity contribution in [2.24, 2.45) is 0 Å². The van der Waals surface area contributed by atoms with Crippen molar-refractivity contribution in [3.63, 3.8) is 0 Å². The lowest BCUT2D eigenvalue weighted by atomic mass is 10.3. The third-order valence-corrected chi connectivity index (χ3v) is 7.77. The van der Waals surface area contributed by atoms with Crippen LogP contribution in [-0.2, 0) is 0 Å². The summed E-state index contributed by atoms with van der Waals surface area (Å²) in [7, 11) is 0.507. The molecule has 0 amide bonds. The Labute approximate surface area is 98.7 Å². The van der Waals surface area contributed by atoms with E-state index in [1.165, 1.54) is 5.30 Å². The molecule has 3 heteroatoms. The van der Waals surface area contributed by atoms with E-state index >= 15 is 0 Å². The first-order valence-corrected chi connectivity index (χ1v) is 13.1. The molecule has 0 heterocycles. The molecule has 0 aliphatic carbocycles. The summed E-state index contributed by atoms with van der Waals surface area (Å²) in [4.78, 5) is 0.